The Morgan fingerprint density at radius 3 is 2.81 bits per heavy atom. The van der Waals surface area contributed by atoms with Crippen molar-refractivity contribution >= 4 is 5.91 Å². The van der Waals surface area contributed by atoms with Crippen molar-refractivity contribution < 1.29 is 4.79 Å². The van der Waals surface area contributed by atoms with Crippen LogP contribution in [0.3, 0.4) is 0 Å². The monoisotopic (exact) mass is 290 g/mol. The Morgan fingerprint density at radius 1 is 1.38 bits per heavy atom. The van der Waals surface area contributed by atoms with Crippen molar-refractivity contribution in [1.29, 1.82) is 0 Å². The number of nitrogens with zero attached hydrogens (tertiary/aromatic N) is 2. The molecule has 1 aromatic carbocycles. The fourth-order valence-electron chi connectivity index (χ4n) is 2.74. The Kier molecular flexibility index (Phi) is 5.33. The molecule has 1 aromatic rings. The fraction of sp³-hybridized carbons (Fsp3) is 0.562. The number of piperazine rings is 1. The summed E-state index contributed by atoms with van der Waals surface area (Å²) in [5.74, 6) is -0.371. The van der Waals surface area contributed by atoms with Crippen LogP contribution in [0.5, 0.6) is 0 Å². The van der Waals surface area contributed by atoms with Crippen LogP contribution in [0.4, 0.5) is 0 Å². The minimum absolute atomic E-state index is 0.371. The van der Waals surface area contributed by atoms with Gasteiger partial charge in [0.25, 0.3) is 0 Å². The van der Waals surface area contributed by atoms with Crippen LogP contribution in [-0.2, 0) is 6.54 Å². The SMILES string of the molecule is Cc1cc(C(N)=O)ccc1CNCC1CN(C)CCN1C. The molecule has 2 rings (SSSR count). The van der Waals surface area contributed by atoms with E-state index in [-0.39, 0.29) is 5.91 Å². The van der Waals surface area contributed by atoms with Gasteiger partial charge in [0.2, 0.25) is 5.91 Å². The standard InChI is InChI=1S/C16H26N4O/c1-12-8-13(16(17)21)4-5-14(12)9-18-10-15-11-19(2)6-7-20(15)3/h4-5,8,15,18H,6-7,9-11H2,1-3H3,(H2,17,21). The van der Waals surface area contributed by atoms with E-state index in [4.69, 9.17) is 5.73 Å². The molecule has 116 valence electrons. The third-order valence-corrected chi connectivity index (χ3v) is 4.30. The molecule has 21 heavy (non-hydrogen) atoms. The zero-order chi connectivity index (χ0) is 15.4. The summed E-state index contributed by atoms with van der Waals surface area (Å²) in [5.41, 5.74) is 8.19. The predicted octanol–water partition coefficient (Wildman–Crippen LogP) is 0.429. The lowest BCUT2D eigenvalue weighted by molar-refractivity contribution is 0.1000. The highest BCUT2D eigenvalue weighted by Crippen LogP contribution is 2.11. The third kappa shape index (κ3) is 4.27. The van der Waals surface area contributed by atoms with E-state index in [0.717, 1.165) is 38.3 Å². The van der Waals surface area contributed by atoms with Crippen LogP contribution in [-0.4, -0.2) is 62.0 Å². The second kappa shape index (κ2) is 7.02. The lowest BCUT2D eigenvalue weighted by Crippen LogP contribution is -2.53. The Balaban J connectivity index is 1.87. The lowest BCUT2D eigenvalue weighted by atomic mass is 10.0. The number of amides is 1. The van der Waals surface area contributed by atoms with Crippen LogP contribution in [0.2, 0.25) is 0 Å². The molecular formula is C16H26N4O. The quantitative estimate of drug-likeness (QED) is 0.825. The molecule has 1 aliphatic heterocycles. The number of likely N-dealkylation sites (N-methyl/N-ethyl adjacent to an activating group) is 2. The minimum atomic E-state index is -0.371. The number of carbonyl (C=O) groups is 1. The zero-order valence-electron chi connectivity index (χ0n) is 13.2. The first-order chi connectivity index (χ1) is 9.97. The molecule has 0 bridgehead atoms. The summed E-state index contributed by atoms with van der Waals surface area (Å²) in [4.78, 5) is 15.9. The number of nitrogens with two attached hydrogens (primary N) is 1. The topological polar surface area (TPSA) is 61.6 Å². The van der Waals surface area contributed by atoms with Crippen molar-refractivity contribution in [3.05, 3.63) is 34.9 Å². The number of rotatable bonds is 5. The van der Waals surface area contributed by atoms with Crippen LogP contribution < -0.4 is 11.1 Å². The highest BCUT2D eigenvalue weighted by atomic mass is 16.1. The Hall–Kier alpha value is -1.43. The third-order valence-electron chi connectivity index (χ3n) is 4.30. The molecule has 5 heteroatoms. The lowest BCUT2D eigenvalue weighted by Gasteiger charge is -2.37. The number of aryl methyl sites for hydroxylation is 1. The number of primary amides is 1. The number of benzene rings is 1. The van der Waals surface area contributed by atoms with Gasteiger partial charge >= 0.3 is 0 Å². The molecule has 0 radical (unpaired) electrons. The minimum Gasteiger partial charge on any atom is -0.366 e. The Bertz CT molecular complexity index is 503. The van der Waals surface area contributed by atoms with E-state index in [1.54, 1.807) is 6.07 Å². The van der Waals surface area contributed by atoms with E-state index in [2.05, 4.69) is 29.2 Å². The van der Waals surface area contributed by atoms with E-state index in [1.807, 2.05) is 19.1 Å². The Labute approximate surface area is 127 Å². The molecule has 0 spiro atoms. The molecule has 0 saturated carbocycles. The van der Waals surface area contributed by atoms with Crippen molar-refractivity contribution in [2.45, 2.75) is 19.5 Å². The van der Waals surface area contributed by atoms with E-state index < -0.39 is 0 Å². The first kappa shape index (κ1) is 15.9. The van der Waals surface area contributed by atoms with Crippen molar-refractivity contribution in [1.82, 2.24) is 15.1 Å². The smallest absolute Gasteiger partial charge is 0.248 e. The summed E-state index contributed by atoms with van der Waals surface area (Å²) in [6, 6.07) is 6.19. The highest BCUT2D eigenvalue weighted by Gasteiger charge is 2.21. The number of nitrogens with one attached hydrogen (secondary N) is 1. The van der Waals surface area contributed by atoms with E-state index in [9.17, 15) is 4.79 Å². The van der Waals surface area contributed by atoms with Crippen molar-refractivity contribution in [3.63, 3.8) is 0 Å². The molecule has 0 aromatic heterocycles. The molecule has 1 amide bonds. The maximum atomic E-state index is 11.1. The molecule has 0 aliphatic carbocycles. The van der Waals surface area contributed by atoms with E-state index in [1.165, 1.54) is 5.56 Å². The van der Waals surface area contributed by atoms with Crippen molar-refractivity contribution in [2.75, 3.05) is 40.3 Å². The van der Waals surface area contributed by atoms with Crippen molar-refractivity contribution in [3.8, 4) is 0 Å². The van der Waals surface area contributed by atoms with Crippen LogP contribution >= 0.6 is 0 Å². The zero-order valence-corrected chi connectivity index (χ0v) is 13.2. The van der Waals surface area contributed by atoms with Gasteiger partial charge in [0, 0.05) is 44.3 Å². The summed E-state index contributed by atoms with van der Waals surface area (Å²) in [5, 5.41) is 3.53. The van der Waals surface area contributed by atoms with Gasteiger partial charge in [0.1, 0.15) is 0 Å². The molecular weight excluding hydrogens is 264 g/mol. The first-order valence-corrected chi connectivity index (χ1v) is 7.46. The van der Waals surface area contributed by atoms with Gasteiger partial charge in [-0.15, -0.1) is 0 Å². The Morgan fingerprint density at radius 2 is 2.14 bits per heavy atom. The summed E-state index contributed by atoms with van der Waals surface area (Å²) in [6.45, 7) is 7.17. The maximum absolute atomic E-state index is 11.1. The normalized spacial score (nSPS) is 20.6. The van der Waals surface area contributed by atoms with Gasteiger partial charge in [-0.25, -0.2) is 0 Å². The predicted molar refractivity (Wildman–Crippen MR) is 85.3 cm³/mol. The van der Waals surface area contributed by atoms with Gasteiger partial charge in [-0.3, -0.25) is 9.69 Å². The molecule has 1 aliphatic rings. The van der Waals surface area contributed by atoms with Crippen LogP contribution in [0.15, 0.2) is 18.2 Å². The molecule has 1 unspecified atom stereocenters. The van der Waals surface area contributed by atoms with Gasteiger partial charge in [-0.2, -0.15) is 0 Å². The average Bonchev–Trinajstić information content (AvgIpc) is 2.44. The summed E-state index contributed by atoms with van der Waals surface area (Å²) < 4.78 is 0. The number of carbonyl (C=O) groups excluding carboxylic acids is 1. The van der Waals surface area contributed by atoms with Gasteiger partial charge < -0.3 is 16.0 Å². The van der Waals surface area contributed by atoms with E-state index in [0.29, 0.717) is 11.6 Å². The number of hydrogen-bond donors (Lipinski definition) is 2. The molecule has 1 atom stereocenters. The van der Waals surface area contributed by atoms with E-state index >= 15 is 0 Å². The first-order valence-electron chi connectivity index (χ1n) is 7.46. The molecule has 1 saturated heterocycles. The largest absolute Gasteiger partial charge is 0.366 e. The summed E-state index contributed by atoms with van der Waals surface area (Å²) in [6.07, 6.45) is 0. The fourth-order valence-corrected chi connectivity index (χ4v) is 2.74. The number of hydrogen-bond acceptors (Lipinski definition) is 4. The van der Waals surface area contributed by atoms with Gasteiger partial charge in [-0.05, 0) is 44.3 Å². The summed E-state index contributed by atoms with van der Waals surface area (Å²) in [7, 11) is 4.36. The molecule has 5 nitrogen and oxygen atoms in total. The van der Waals surface area contributed by atoms with Crippen LogP contribution in [0, 0.1) is 6.92 Å². The molecule has 3 N–H and O–H groups in total. The molecule has 1 fully saturated rings. The molecule has 1 heterocycles. The second-order valence-electron chi connectivity index (χ2n) is 6.03. The van der Waals surface area contributed by atoms with Crippen LogP contribution in [0.25, 0.3) is 0 Å². The second-order valence-corrected chi connectivity index (χ2v) is 6.03. The highest BCUT2D eigenvalue weighted by molar-refractivity contribution is 5.93. The van der Waals surface area contributed by atoms with Gasteiger partial charge in [0.15, 0.2) is 0 Å². The summed E-state index contributed by atoms with van der Waals surface area (Å²) >= 11 is 0. The maximum Gasteiger partial charge on any atom is 0.248 e. The van der Waals surface area contributed by atoms with Gasteiger partial charge in [0.05, 0.1) is 0 Å². The van der Waals surface area contributed by atoms with Crippen molar-refractivity contribution in [2.24, 2.45) is 5.73 Å². The average molecular weight is 290 g/mol. The van der Waals surface area contributed by atoms with Gasteiger partial charge in [-0.1, -0.05) is 6.07 Å². The van der Waals surface area contributed by atoms with Crippen LogP contribution in [0.1, 0.15) is 21.5 Å².